The number of nitrogens with zero attached hydrogens (tertiary/aromatic N) is 2. The van der Waals surface area contributed by atoms with Crippen molar-refractivity contribution in [2.75, 3.05) is 19.6 Å². The molecule has 206 valence electrons. The van der Waals surface area contributed by atoms with Gasteiger partial charge in [0.1, 0.15) is 5.82 Å². The first-order valence-corrected chi connectivity index (χ1v) is 12.1. The van der Waals surface area contributed by atoms with E-state index in [1.165, 1.54) is 29.2 Å². The summed E-state index contributed by atoms with van der Waals surface area (Å²) in [7, 11) is 0. The predicted molar refractivity (Wildman–Crippen MR) is 123 cm³/mol. The second kappa shape index (κ2) is 10.5. The van der Waals surface area contributed by atoms with Gasteiger partial charge in [-0.3, -0.25) is 14.5 Å². The molecule has 1 aliphatic carbocycles. The van der Waals surface area contributed by atoms with Gasteiger partial charge >= 0.3 is 12.4 Å². The highest BCUT2D eigenvalue weighted by Gasteiger charge is 2.43. The highest BCUT2D eigenvalue weighted by molar-refractivity contribution is 5.81. The molecule has 2 aliphatic rings. The molecule has 0 radical (unpaired) electrons. The monoisotopic (exact) mass is 545 g/mol. The first kappa shape index (κ1) is 27.9. The summed E-state index contributed by atoms with van der Waals surface area (Å²) in [6, 6.07) is 6.58. The summed E-state index contributed by atoms with van der Waals surface area (Å²) >= 11 is 0. The van der Waals surface area contributed by atoms with Gasteiger partial charge < -0.3 is 10.6 Å². The number of rotatable bonds is 7. The lowest BCUT2D eigenvalue weighted by atomic mass is 9.79. The molecule has 2 aromatic carbocycles. The van der Waals surface area contributed by atoms with Crippen LogP contribution in [0.1, 0.15) is 47.4 Å². The van der Waals surface area contributed by atoms with Gasteiger partial charge in [0.2, 0.25) is 11.8 Å². The van der Waals surface area contributed by atoms with E-state index < -0.39 is 59.5 Å². The zero-order valence-electron chi connectivity index (χ0n) is 20.2. The smallest absolute Gasteiger partial charge is 0.369 e. The van der Waals surface area contributed by atoms with Gasteiger partial charge in [0.25, 0.3) is 0 Å². The van der Waals surface area contributed by atoms with Crippen molar-refractivity contribution in [3.63, 3.8) is 0 Å². The molecule has 2 N–H and O–H groups in total. The van der Waals surface area contributed by atoms with Crippen molar-refractivity contribution in [1.82, 2.24) is 9.80 Å². The summed E-state index contributed by atoms with van der Waals surface area (Å²) in [5.74, 6) is -2.59. The summed E-state index contributed by atoms with van der Waals surface area (Å²) in [6.07, 6.45) is -8.54. The zero-order chi connectivity index (χ0) is 27.8. The van der Waals surface area contributed by atoms with E-state index >= 15 is 0 Å². The Morgan fingerprint density at radius 1 is 0.921 bits per heavy atom. The lowest BCUT2D eigenvalue weighted by Gasteiger charge is -2.40. The normalized spacial score (nSPS) is 20.8. The van der Waals surface area contributed by atoms with Crippen LogP contribution in [-0.2, 0) is 28.5 Å². The molecule has 0 spiro atoms. The maximum absolute atomic E-state index is 13.8. The Morgan fingerprint density at radius 2 is 1.50 bits per heavy atom. The molecule has 2 aromatic rings. The Morgan fingerprint density at radius 3 is 2.00 bits per heavy atom. The zero-order valence-corrected chi connectivity index (χ0v) is 20.2. The molecule has 5 nitrogen and oxygen atoms in total. The van der Waals surface area contributed by atoms with Crippen LogP contribution in [0.25, 0.3) is 0 Å². The largest absolute Gasteiger partial charge is 0.416 e. The molecule has 1 aliphatic heterocycles. The van der Waals surface area contributed by atoms with Crippen LogP contribution in [0.15, 0.2) is 42.5 Å². The van der Waals surface area contributed by atoms with Gasteiger partial charge in [-0.1, -0.05) is 12.1 Å². The van der Waals surface area contributed by atoms with Crippen molar-refractivity contribution in [3.8, 4) is 0 Å². The van der Waals surface area contributed by atoms with Crippen molar-refractivity contribution in [2.45, 2.75) is 50.1 Å². The SMILES string of the molecule is NC(=O)CN1CCC(C(=O)N(Cc2cc(C(F)(F)F)cc(C(F)(F)F)c2)C2CC2)C(c2ccc(F)cc2)C1. The summed E-state index contributed by atoms with van der Waals surface area (Å²) in [5, 5.41) is 0. The topological polar surface area (TPSA) is 66.6 Å². The van der Waals surface area contributed by atoms with Crippen LogP contribution in [0.4, 0.5) is 30.7 Å². The van der Waals surface area contributed by atoms with Gasteiger partial charge in [-0.05, 0) is 67.3 Å². The van der Waals surface area contributed by atoms with Crippen LogP contribution >= 0.6 is 0 Å². The maximum Gasteiger partial charge on any atom is 0.416 e. The number of carbonyl (C=O) groups excluding carboxylic acids is 2. The Hall–Kier alpha value is -3.15. The van der Waals surface area contributed by atoms with Crippen LogP contribution in [-0.4, -0.2) is 47.3 Å². The van der Waals surface area contributed by atoms with Gasteiger partial charge in [0.15, 0.2) is 0 Å². The van der Waals surface area contributed by atoms with E-state index in [1.54, 1.807) is 4.90 Å². The van der Waals surface area contributed by atoms with E-state index in [0.717, 1.165) is 0 Å². The van der Waals surface area contributed by atoms with Crippen LogP contribution in [0.2, 0.25) is 0 Å². The number of hydrogen-bond acceptors (Lipinski definition) is 3. The number of amides is 2. The van der Waals surface area contributed by atoms with Gasteiger partial charge in [-0.2, -0.15) is 26.3 Å². The molecule has 12 heteroatoms. The molecule has 1 saturated heterocycles. The van der Waals surface area contributed by atoms with E-state index in [-0.39, 0.29) is 37.2 Å². The number of nitrogens with two attached hydrogens (primary N) is 1. The fourth-order valence-corrected chi connectivity index (χ4v) is 5.02. The van der Waals surface area contributed by atoms with Gasteiger partial charge in [0, 0.05) is 31.0 Å². The third kappa shape index (κ3) is 6.64. The minimum Gasteiger partial charge on any atom is -0.369 e. The number of piperidine rings is 1. The number of halogens is 7. The molecule has 4 rings (SSSR count). The summed E-state index contributed by atoms with van der Waals surface area (Å²) < 4.78 is 93.8. The van der Waals surface area contributed by atoms with Crippen molar-refractivity contribution < 1.29 is 40.3 Å². The highest BCUT2D eigenvalue weighted by Crippen LogP contribution is 2.40. The molecule has 1 saturated carbocycles. The number of primary amides is 1. The van der Waals surface area contributed by atoms with Crippen molar-refractivity contribution >= 4 is 11.8 Å². The predicted octanol–water partition coefficient (Wildman–Crippen LogP) is 4.95. The van der Waals surface area contributed by atoms with E-state index in [2.05, 4.69) is 0 Å². The summed E-state index contributed by atoms with van der Waals surface area (Å²) in [6.45, 7) is 0.145. The van der Waals surface area contributed by atoms with Gasteiger partial charge in [-0.15, -0.1) is 0 Å². The quantitative estimate of drug-likeness (QED) is 0.501. The molecule has 2 unspecified atom stereocenters. The first-order valence-electron chi connectivity index (χ1n) is 12.1. The van der Waals surface area contributed by atoms with Crippen LogP contribution in [0.3, 0.4) is 0 Å². The highest BCUT2D eigenvalue weighted by atomic mass is 19.4. The van der Waals surface area contributed by atoms with Gasteiger partial charge in [-0.25, -0.2) is 4.39 Å². The molecule has 0 aromatic heterocycles. The molecule has 1 heterocycles. The lowest BCUT2D eigenvalue weighted by molar-refractivity contribution is -0.143. The Kier molecular flexibility index (Phi) is 7.74. The fraction of sp³-hybridized carbons (Fsp3) is 0.462. The average molecular weight is 545 g/mol. The second-order valence-corrected chi connectivity index (χ2v) is 9.87. The molecule has 2 fully saturated rings. The Balaban J connectivity index is 1.65. The number of hydrogen-bond donors (Lipinski definition) is 1. The Bertz CT molecular complexity index is 1140. The Labute approximate surface area is 214 Å². The third-order valence-corrected chi connectivity index (χ3v) is 6.96. The van der Waals surface area contributed by atoms with Gasteiger partial charge in [0.05, 0.1) is 17.7 Å². The minimum absolute atomic E-state index is 0.0462. The third-order valence-electron chi connectivity index (χ3n) is 6.96. The molecule has 38 heavy (non-hydrogen) atoms. The second-order valence-electron chi connectivity index (χ2n) is 9.87. The number of alkyl halides is 6. The summed E-state index contributed by atoms with van der Waals surface area (Å²) in [5.41, 5.74) is 2.82. The van der Waals surface area contributed by atoms with Crippen LogP contribution in [0, 0.1) is 11.7 Å². The fourth-order valence-electron chi connectivity index (χ4n) is 5.02. The van der Waals surface area contributed by atoms with Crippen molar-refractivity contribution in [2.24, 2.45) is 11.7 Å². The van der Waals surface area contributed by atoms with Crippen molar-refractivity contribution in [1.29, 1.82) is 0 Å². The molecular weight excluding hydrogens is 519 g/mol. The van der Waals surface area contributed by atoms with E-state index in [4.69, 9.17) is 5.73 Å². The lowest BCUT2D eigenvalue weighted by Crippen LogP contribution is -2.48. The average Bonchev–Trinajstić information content (AvgIpc) is 3.66. The van der Waals surface area contributed by atoms with Crippen molar-refractivity contribution in [3.05, 3.63) is 70.5 Å². The van der Waals surface area contributed by atoms with Crippen LogP contribution < -0.4 is 5.73 Å². The number of carbonyl (C=O) groups is 2. The molecule has 0 bridgehead atoms. The minimum atomic E-state index is -4.99. The molecular formula is C26H26F7N3O2. The molecule has 2 amide bonds. The van der Waals surface area contributed by atoms with Crippen LogP contribution in [0.5, 0.6) is 0 Å². The maximum atomic E-state index is 13.8. The van der Waals surface area contributed by atoms with E-state index in [0.29, 0.717) is 37.1 Å². The molecule has 2 atom stereocenters. The summed E-state index contributed by atoms with van der Waals surface area (Å²) in [4.78, 5) is 28.4. The first-order chi connectivity index (χ1) is 17.7. The number of likely N-dealkylation sites (tertiary alicyclic amines) is 1. The number of benzene rings is 2. The van der Waals surface area contributed by atoms with E-state index in [1.807, 2.05) is 0 Å². The van der Waals surface area contributed by atoms with E-state index in [9.17, 15) is 40.3 Å². The standard InChI is InChI=1S/C26H26F7N3O2/c27-19-3-1-16(2-4-19)22-13-35(14-23(34)37)8-7-21(22)24(38)36(20-5-6-20)12-15-9-17(25(28,29)30)11-18(10-15)26(31,32)33/h1-4,9-11,20-22H,5-8,12-14H2,(H2,34,37).